The molecule has 10 heteroatoms. The zero-order valence-corrected chi connectivity index (χ0v) is 19.6. The highest BCUT2D eigenvalue weighted by atomic mass is 19.4. The number of alkyl halides is 3. The van der Waals surface area contributed by atoms with Crippen LogP contribution in [-0.4, -0.2) is 69.8 Å². The second-order valence-electron chi connectivity index (χ2n) is 8.05. The van der Waals surface area contributed by atoms with Crippen molar-refractivity contribution in [3.8, 4) is 17.2 Å². The number of halogens is 3. The first kappa shape index (κ1) is 25.6. The number of nitrogens with zero attached hydrogens (tertiary/aromatic N) is 2. The Morgan fingerprint density at radius 2 is 1.53 bits per heavy atom. The van der Waals surface area contributed by atoms with E-state index in [4.69, 9.17) is 14.2 Å². The van der Waals surface area contributed by atoms with Gasteiger partial charge in [0.05, 0.1) is 33.4 Å². The van der Waals surface area contributed by atoms with Crippen molar-refractivity contribution in [3.05, 3.63) is 53.1 Å². The Bertz CT molecular complexity index is 976. The van der Waals surface area contributed by atoms with Gasteiger partial charge in [-0.3, -0.25) is 14.6 Å². The number of hydrogen-bond donors (Lipinski definition) is 1. The monoisotopic (exact) mass is 481 g/mol. The Morgan fingerprint density at radius 3 is 2.15 bits per heavy atom. The molecule has 0 bridgehead atoms. The van der Waals surface area contributed by atoms with Gasteiger partial charge >= 0.3 is 6.18 Å². The van der Waals surface area contributed by atoms with Gasteiger partial charge in [0.15, 0.2) is 11.5 Å². The first-order valence-corrected chi connectivity index (χ1v) is 10.9. The zero-order chi connectivity index (χ0) is 24.7. The molecule has 2 aromatic rings. The summed E-state index contributed by atoms with van der Waals surface area (Å²) in [4.78, 5) is 16.6. The van der Waals surface area contributed by atoms with Crippen LogP contribution in [0.4, 0.5) is 13.2 Å². The fourth-order valence-electron chi connectivity index (χ4n) is 3.89. The molecule has 1 N–H and O–H groups in total. The van der Waals surface area contributed by atoms with Crippen molar-refractivity contribution in [2.75, 3.05) is 54.1 Å². The van der Waals surface area contributed by atoms with Gasteiger partial charge in [0.1, 0.15) is 5.75 Å². The highest BCUT2D eigenvalue weighted by Gasteiger charge is 2.30. The zero-order valence-electron chi connectivity index (χ0n) is 19.6. The van der Waals surface area contributed by atoms with Crippen molar-refractivity contribution in [2.45, 2.75) is 19.3 Å². The number of ether oxygens (including phenoxy) is 3. The topological polar surface area (TPSA) is 63.3 Å². The number of carbonyl (C=O) groups excluding carboxylic acids is 1. The molecule has 3 rings (SSSR count). The lowest BCUT2D eigenvalue weighted by molar-refractivity contribution is -0.137. The van der Waals surface area contributed by atoms with E-state index >= 15 is 0 Å². The van der Waals surface area contributed by atoms with Gasteiger partial charge < -0.3 is 19.5 Å². The maximum Gasteiger partial charge on any atom is 0.416 e. The predicted octanol–water partition coefficient (Wildman–Crippen LogP) is 3.17. The van der Waals surface area contributed by atoms with Crippen LogP contribution >= 0.6 is 0 Å². The van der Waals surface area contributed by atoms with Crippen LogP contribution in [-0.2, 0) is 24.1 Å². The van der Waals surface area contributed by atoms with Gasteiger partial charge in [0, 0.05) is 50.9 Å². The van der Waals surface area contributed by atoms with Crippen molar-refractivity contribution >= 4 is 5.91 Å². The molecule has 0 atom stereocenters. The lowest BCUT2D eigenvalue weighted by Gasteiger charge is -2.34. The molecule has 2 aromatic carbocycles. The Balaban J connectivity index is 1.47. The van der Waals surface area contributed by atoms with Crippen LogP contribution in [0, 0.1) is 0 Å². The van der Waals surface area contributed by atoms with Crippen LogP contribution in [0.25, 0.3) is 0 Å². The summed E-state index contributed by atoms with van der Waals surface area (Å²) in [6.07, 6.45) is -4.34. The van der Waals surface area contributed by atoms with Crippen molar-refractivity contribution in [2.24, 2.45) is 0 Å². The second-order valence-corrected chi connectivity index (χ2v) is 8.05. The van der Waals surface area contributed by atoms with Gasteiger partial charge in [-0.25, -0.2) is 0 Å². The first-order valence-electron chi connectivity index (χ1n) is 10.9. The van der Waals surface area contributed by atoms with E-state index in [1.165, 1.54) is 19.2 Å². The highest BCUT2D eigenvalue weighted by Crippen LogP contribution is 2.34. The molecule has 7 nitrogen and oxygen atoms in total. The van der Waals surface area contributed by atoms with Crippen molar-refractivity contribution in [3.63, 3.8) is 0 Å². The molecule has 0 aromatic heterocycles. The van der Waals surface area contributed by atoms with Crippen molar-refractivity contribution < 1.29 is 32.2 Å². The van der Waals surface area contributed by atoms with Gasteiger partial charge in [-0.05, 0) is 17.7 Å². The van der Waals surface area contributed by atoms with Crippen LogP contribution in [0.5, 0.6) is 17.2 Å². The Hall–Kier alpha value is -2.98. The average molecular weight is 482 g/mol. The first-order chi connectivity index (χ1) is 16.2. The molecule has 34 heavy (non-hydrogen) atoms. The third-order valence-corrected chi connectivity index (χ3v) is 5.76. The molecule has 1 saturated heterocycles. The Labute approximate surface area is 197 Å². The minimum absolute atomic E-state index is 0.122. The molecular weight excluding hydrogens is 451 g/mol. The Morgan fingerprint density at radius 1 is 0.912 bits per heavy atom. The molecule has 0 radical (unpaired) electrons. The van der Waals surface area contributed by atoms with Crippen molar-refractivity contribution in [1.82, 2.24) is 15.1 Å². The van der Waals surface area contributed by atoms with Gasteiger partial charge in [0.2, 0.25) is 5.91 Å². The summed E-state index contributed by atoms with van der Waals surface area (Å²) < 4.78 is 54.8. The fraction of sp³-hybridized carbons (Fsp3) is 0.458. The molecular formula is C24H30F3N3O4. The molecule has 0 aliphatic carbocycles. The highest BCUT2D eigenvalue weighted by molar-refractivity contribution is 5.78. The number of benzene rings is 2. The van der Waals surface area contributed by atoms with Crippen LogP contribution in [0.2, 0.25) is 0 Å². The number of nitrogens with one attached hydrogen (secondary N) is 1. The van der Waals surface area contributed by atoms with Crippen LogP contribution in [0.15, 0.2) is 36.4 Å². The quantitative estimate of drug-likeness (QED) is 0.594. The molecule has 1 amide bonds. The minimum atomic E-state index is -4.34. The third-order valence-electron chi connectivity index (χ3n) is 5.76. The SMILES string of the molecule is COc1cc(OC)c(OC)cc1CNC(=O)CN1CCN(Cc2cccc(C(F)(F)F)c2)CC1. The summed E-state index contributed by atoms with van der Waals surface area (Å²) >= 11 is 0. The maximum absolute atomic E-state index is 12.9. The summed E-state index contributed by atoms with van der Waals surface area (Å²) in [5, 5.41) is 2.90. The number of carbonyl (C=O) groups is 1. The van der Waals surface area contributed by atoms with E-state index in [0.29, 0.717) is 55.5 Å². The molecule has 186 valence electrons. The van der Waals surface area contributed by atoms with Crippen LogP contribution in [0.1, 0.15) is 16.7 Å². The van der Waals surface area contributed by atoms with E-state index in [2.05, 4.69) is 10.2 Å². The number of amides is 1. The molecule has 0 spiro atoms. The van der Waals surface area contributed by atoms with E-state index < -0.39 is 11.7 Å². The molecule has 1 heterocycles. The van der Waals surface area contributed by atoms with E-state index in [1.54, 1.807) is 32.4 Å². The normalized spacial score (nSPS) is 15.1. The predicted molar refractivity (Wildman–Crippen MR) is 121 cm³/mol. The number of piperazine rings is 1. The fourth-order valence-corrected chi connectivity index (χ4v) is 3.89. The summed E-state index contributed by atoms with van der Waals surface area (Å²) in [5.41, 5.74) is 0.760. The third kappa shape index (κ3) is 6.77. The van der Waals surface area contributed by atoms with E-state index in [1.807, 2.05) is 4.90 Å². The van der Waals surface area contributed by atoms with Gasteiger partial charge in [-0.2, -0.15) is 13.2 Å². The molecule has 0 saturated carbocycles. The molecule has 0 unspecified atom stereocenters. The largest absolute Gasteiger partial charge is 0.496 e. The molecule has 1 aliphatic rings. The molecule has 1 aliphatic heterocycles. The van der Waals surface area contributed by atoms with E-state index in [0.717, 1.165) is 11.6 Å². The number of methoxy groups -OCH3 is 3. The summed E-state index contributed by atoms with van der Waals surface area (Å²) in [6, 6.07) is 8.90. The van der Waals surface area contributed by atoms with Gasteiger partial charge in [-0.1, -0.05) is 18.2 Å². The minimum Gasteiger partial charge on any atom is -0.496 e. The van der Waals surface area contributed by atoms with E-state index in [9.17, 15) is 18.0 Å². The summed E-state index contributed by atoms with van der Waals surface area (Å²) in [7, 11) is 4.63. The number of hydrogen-bond acceptors (Lipinski definition) is 6. The number of rotatable bonds is 9. The lowest BCUT2D eigenvalue weighted by Crippen LogP contribution is -2.49. The summed E-state index contributed by atoms with van der Waals surface area (Å²) in [5.74, 6) is 1.55. The average Bonchev–Trinajstić information content (AvgIpc) is 2.83. The van der Waals surface area contributed by atoms with Crippen LogP contribution in [0.3, 0.4) is 0 Å². The second kappa shape index (κ2) is 11.4. The maximum atomic E-state index is 12.9. The smallest absolute Gasteiger partial charge is 0.416 e. The van der Waals surface area contributed by atoms with Crippen LogP contribution < -0.4 is 19.5 Å². The van der Waals surface area contributed by atoms with E-state index in [-0.39, 0.29) is 19.0 Å². The van der Waals surface area contributed by atoms with Gasteiger partial charge in [-0.15, -0.1) is 0 Å². The lowest BCUT2D eigenvalue weighted by atomic mass is 10.1. The van der Waals surface area contributed by atoms with Gasteiger partial charge in [0.25, 0.3) is 0 Å². The Kier molecular flexibility index (Phi) is 8.62. The van der Waals surface area contributed by atoms with Crippen molar-refractivity contribution in [1.29, 1.82) is 0 Å². The summed E-state index contributed by atoms with van der Waals surface area (Å²) in [6.45, 7) is 3.63. The standard InChI is InChI=1S/C24H30F3N3O4/c1-32-20-13-22(34-3)21(33-2)12-18(20)14-28-23(31)16-30-9-7-29(8-10-30)15-17-5-4-6-19(11-17)24(25,26)27/h4-6,11-13H,7-10,14-16H2,1-3H3,(H,28,31). The molecule has 1 fully saturated rings.